The molecule has 3 N–H and O–H groups in total. The van der Waals surface area contributed by atoms with E-state index in [2.05, 4.69) is 26.0 Å². The second-order valence-electron chi connectivity index (χ2n) is 19.5. The molecule has 392 valence electrons. The number of phosphoric acid groups is 1. The Kier molecular flexibility index (Phi) is 52.1. The second kappa shape index (κ2) is 53.1. The monoisotopic (exact) mass is 956 g/mol. The maximum atomic E-state index is 12.6. The lowest BCUT2D eigenvalue weighted by Gasteiger charge is -2.19. The first kappa shape index (κ1) is 64.8. The predicted molar refractivity (Wildman–Crippen MR) is 280 cm³/mol. The van der Waals surface area contributed by atoms with E-state index in [4.69, 9.17) is 24.3 Å². The van der Waals surface area contributed by atoms with E-state index in [1.54, 1.807) is 0 Å². The van der Waals surface area contributed by atoms with Crippen LogP contribution >= 0.6 is 7.82 Å². The van der Waals surface area contributed by atoms with E-state index in [9.17, 15) is 19.0 Å². The molecule has 0 rings (SSSR count). The lowest BCUT2D eigenvalue weighted by molar-refractivity contribution is -0.161. The van der Waals surface area contributed by atoms with Crippen LogP contribution in [0.1, 0.15) is 303 Å². The maximum absolute atomic E-state index is 12.6. The lowest BCUT2D eigenvalue weighted by Crippen LogP contribution is -2.29. The van der Waals surface area contributed by atoms with Crippen LogP contribution in [-0.2, 0) is 32.7 Å². The van der Waals surface area contributed by atoms with Gasteiger partial charge in [0.05, 0.1) is 13.2 Å². The molecule has 0 aliphatic heterocycles. The number of unbranched alkanes of at least 4 members (excludes halogenated alkanes) is 40. The zero-order chi connectivity index (χ0) is 48.1. The van der Waals surface area contributed by atoms with E-state index in [-0.39, 0.29) is 38.6 Å². The Morgan fingerprint density at radius 2 is 0.742 bits per heavy atom. The van der Waals surface area contributed by atoms with Gasteiger partial charge in [-0.15, -0.1) is 0 Å². The smallest absolute Gasteiger partial charge is 0.462 e. The van der Waals surface area contributed by atoms with E-state index < -0.39 is 26.5 Å². The number of hydrogen-bond donors (Lipinski definition) is 2. The lowest BCUT2D eigenvalue weighted by atomic mass is 10.0. The van der Waals surface area contributed by atoms with Gasteiger partial charge < -0.3 is 20.1 Å². The maximum Gasteiger partial charge on any atom is 0.472 e. The van der Waals surface area contributed by atoms with Crippen molar-refractivity contribution >= 4 is 19.8 Å². The first-order chi connectivity index (χ1) is 32.3. The molecule has 9 nitrogen and oxygen atoms in total. The summed E-state index contributed by atoms with van der Waals surface area (Å²) in [5.74, 6) is -0.820. The number of phosphoric ester groups is 1. The molecule has 0 aromatic heterocycles. The Bertz CT molecular complexity index is 1090. The van der Waals surface area contributed by atoms with Crippen LogP contribution in [0.15, 0.2) is 12.2 Å². The quantitative estimate of drug-likeness (QED) is 0.0264. The highest BCUT2D eigenvalue weighted by molar-refractivity contribution is 7.47. The van der Waals surface area contributed by atoms with Crippen LogP contribution in [-0.4, -0.2) is 49.3 Å². The highest BCUT2D eigenvalue weighted by Crippen LogP contribution is 2.43. The van der Waals surface area contributed by atoms with Crippen molar-refractivity contribution < 1.29 is 37.6 Å². The third kappa shape index (κ3) is 52.1. The third-order valence-electron chi connectivity index (χ3n) is 12.9. The van der Waals surface area contributed by atoms with Gasteiger partial charge in [0.15, 0.2) is 6.10 Å². The summed E-state index contributed by atoms with van der Waals surface area (Å²) in [5, 5.41) is 0. The standard InChI is InChI=1S/C56H110NO8P/c1-3-5-7-9-11-13-15-17-19-21-22-23-24-25-26-27-28-29-30-31-32-33-35-36-38-40-42-44-46-48-55(58)62-52-54(53-64-66(60,61)63-51-50-57)65-56(59)49-47-45-43-41-39-37-34-20-18-16-14-12-10-8-6-4-2/h20,34,54H,3-19,21-33,35-53,57H2,1-2H3,(H,60,61)/b34-20-. The number of allylic oxidation sites excluding steroid dienone is 2. The molecule has 0 amide bonds. The average molecular weight is 956 g/mol. The summed E-state index contributed by atoms with van der Waals surface area (Å²) in [5.41, 5.74) is 5.37. The first-order valence-corrected chi connectivity index (χ1v) is 30.2. The second-order valence-corrected chi connectivity index (χ2v) is 21.0. The number of hydrogen-bond acceptors (Lipinski definition) is 8. The molecule has 0 aromatic rings. The molecular weight excluding hydrogens is 846 g/mol. The molecule has 0 heterocycles. The normalized spacial score (nSPS) is 13.1. The fourth-order valence-electron chi connectivity index (χ4n) is 8.63. The Balaban J connectivity index is 3.86. The number of ether oxygens (including phenoxy) is 2. The van der Waals surface area contributed by atoms with Crippen molar-refractivity contribution in [3.8, 4) is 0 Å². The van der Waals surface area contributed by atoms with Gasteiger partial charge in [0.25, 0.3) is 0 Å². The topological polar surface area (TPSA) is 134 Å². The van der Waals surface area contributed by atoms with Gasteiger partial charge in [0.1, 0.15) is 6.61 Å². The van der Waals surface area contributed by atoms with Gasteiger partial charge in [0, 0.05) is 19.4 Å². The van der Waals surface area contributed by atoms with Crippen molar-refractivity contribution in [1.82, 2.24) is 0 Å². The molecule has 0 saturated carbocycles. The van der Waals surface area contributed by atoms with Gasteiger partial charge in [-0.2, -0.15) is 0 Å². The summed E-state index contributed by atoms with van der Waals surface area (Å²) in [4.78, 5) is 35.1. The summed E-state index contributed by atoms with van der Waals surface area (Å²) in [6.07, 6.45) is 59.9. The fraction of sp³-hybridized carbons (Fsp3) is 0.929. The highest BCUT2D eigenvalue weighted by Gasteiger charge is 2.26. The molecule has 0 spiro atoms. The molecule has 10 heteroatoms. The summed E-state index contributed by atoms with van der Waals surface area (Å²) < 4.78 is 33.0. The van der Waals surface area contributed by atoms with E-state index in [0.29, 0.717) is 6.42 Å². The fourth-order valence-corrected chi connectivity index (χ4v) is 9.40. The number of nitrogens with two attached hydrogens (primary N) is 1. The van der Waals surface area contributed by atoms with Gasteiger partial charge in [-0.1, -0.05) is 264 Å². The largest absolute Gasteiger partial charge is 0.472 e. The van der Waals surface area contributed by atoms with Crippen molar-refractivity contribution in [1.29, 1.82) is 0 Å². The van der Waals surface area contributed by atoms with Crippen LogP contribution in [0.25, 0.3) is 0 Å². The van der Waals surface area contributed by atoms with Crippen molar-refractivity contribution in [2.45, 2.75) is 309 Å². The molecular formula is C56H110NO8P. The number of esters is 2. The zero-order valence-electron chi connectivity index (χ0n) is 43.7. The molecule has 0 aliphatic rings. The van der Waals surface area contributed by atoms with E-state index in [1.807, 2.05) is 0 Å². The number of rotatable bonds is 55. The Labute approximate surface area is 409 Å². The van der Waals surface area contributed by atoms with Gasteiger partial charge >= 0.3 is 19.8 Å². The van der Waals surface area contributed by atoms with Gasteiger partial charge in [0.2, 0.25) is 0 Å². The van der Waals surface area contributed by atoms with E-state index in [0.717, 1.165) is 51.4 Å². The van der Waals surface area contributed by atoms with Gasteiger partial charge in [-0.25, -0.2) is 4.57 Å². The first-order valence-electron chi connectivity index (χ1n) is 28.7. The Morgan fingerprint density at radius 3 is 1.08 bits per heavy atom. The molecule has 0 aromatic carbocycles. The molecule has 66 heavy (non-hydrogen) atoms. The van der Waals surface area contributed by atoms with E-state index in [1.165, 1.54) is 218 Å². The SMILES string of the molecule is CCCCCCCCC/C=C\CCCCCCCC(=O)OC(COC(=O)CCCCCCCCCCCCCCCCCCCCCCCCCCCCCCC)COP(=O)(O)OCCN. The molecule has 0 radical (unpaired) electrons. The minimum Gasteiger partial charge on any atom is -0.462 e. The summed E-state index contributed by atoms with van der Waals surface area (Å²) in [6.45, 7) is 3.79. The highest BCUT2D eigenvalue weighted by atomic mass is 31.2. The summed E-state index contributed by atoms with van der Waals surface area (Å²) in [6, 6.07) is 0. The molecule has 2 atom stereocenters. The molecule has 2 unspecified atom stereocenters. The van der Waals surface area contributed by atoms with Crippen LogP contribution in [0.3, 0.4) is 0 Å². The predicted octanol–water partition coefficient (Wildman–Crippen LogP) is 17.7. The van der Waals surface area contributed by atoms with Gasteiger partial charge in [-0.05, 0) is 38.5 Å². The van der Waals surface area contributed by atoms with Crippen molar-refractivity contribution in [3.63, 3.8) is 0 Å². The zero-order valence-corrected chi connectivity index (χ0v) is 44.6. The molecule has 0 bridgehead atoms. The van der Waals surface area contributed by atoms with Crippen LogP contribution in [0.5, 0.6) is 0 Å². The minimum absolute atomic E-state index is 0.0552. The minimum atomic E-state index is -4.38. The van der Waals surface area contributed by atoms with Crippen molar-refractivity contribution in [3.05, 3.63) is 12.2 Å². The third-order valence-corrected chi connectivity index (χ3v) is 13.9. The van der Waals surface area contributed by atoms with Crippen molar-refractivity contribution in [2.24, 2.45) is 5.73 Å². The van der Waals surface area contributed by atoms with Gasteiger partial charge in [-0.3, -0.25) is 18.6 Å². The molecule has 0 fully saturated rings. The van der Waals surface area contributed by atoms with E-state index >= 15 is 0 Å². The average Bonchev–Trinajstić information content (AvgIpc) is 3.31. The molecule has 0 aliphatic carbocycles. The summed E-state index contributed by atoms with van der Waals surface area (Å²) >= 11 is 0. The van der Waals surface area contributed by atoms with Crippen LogP contribution in [0.4, 0.5) is 0 Å². The number of carbonyl (C=O) groups excluding carboxylic acids is 2. The Morgan fingerprint density at radius 1 is 0.439 bits per heavy atom. The van der Waals surface area contributed by atoms with Crippen LogP contribution in [0.2, 0.25) is 0 Å². The van der Waals surface area contributed by atoms with Crippen molar-refractivity contribution in [2.75, 3.05) is 26.4 Å². The van der Waals surface area contributed by atoms with Crippen LogP contribution < -0.4 is 5.73 Å². The molecule has 0 saturated heterocycles. The summed E-state index contributed by atoms with van der Waals surface area (Å²) in [7, 11) is -4.38. The Hall–Kier alpha value is -1.25. The van der Waals surface area contributed by atoms with Crippen LogP contribution in [0, 0.1) is 0 Å². The number of carbonyl (C=O) groups is 2.